The number of pyridine rings is 1. The van der Waals surface area contributed by atoms with Gasteiger partial charge in [-0.05, 0) is 24.1 Å². The lowest BCUT2D eigenvalue weighted by Crippen LogP contribution is -2.12. The smallest absolute Gasteiger partial charge is 0.251 e. The summed E-state index contributed by atoms with van der Waals surface area (Å²) in [4.78, 5) is 15.4. The molecule has 88 valence electrons. The van der Waals surface area contributed by atoms with E-state index < -0.39 is 5.91 Å². The molecule has 5 heteroatoms. The van der Waals surface area contributed by atoms with Gasteiger partial charge in [0.15, 0.2) is 0 Å². The van der Waals surface area contributed by atoms with Crippen LogP contribution in [0.15, 0.2) is 22.8 Å². The number of aryl methyl sites for hydroxylation is 1. The molecule has 1 heterocycles. The number of aromatic nitrogens is 1. The van der Waals surface area contributed by atoms with Crippen LogP contribution in [0.5, 0.6) is 0 Å². The molecule has 0 aliphatic rings. The van der Waals surface area contributed by atoms with Crippen LogP contribution >= 0.6 is 27.5 Å². The van der Waals surface area contributed by atoms with E-state index in [0.717, 1.165) is 27.4 Å². The van der Waals surface area contributed by atoms with Crippen LogP contribution in [0.4, 0.5) is 0 Å². The second kappa shape index (κ2) is 4.63. The molecule has 0 saturated heterocycles. The Bertz CT molecular complexity index is 613. The fraction of sp³-hybridized carbons (Fsp3) is 0.167. The Hall–Kier alpha value is -1.13. The van der Waals surface area contributed by atoms with E-state index in [0.29, 0.717) is 5.02 Å². The minimum absolute atomic E-state index is 0.253. The van der Waals surface area contributed by atoms with Crippen molar-refractivity contribution in [2.45, 2.75) is 13.3 Å². The number of primary amides is 1. The van der Waals surface area contributed by atoms with Gasteiger partial charge < -0.3 is 5.73 Å². The molecule has 0 spiro atoms. The number of halogens is 2. The molecule has 3 nitrogen and oxygen atoms in total. The number of amides is 1. The summed E-state index contributed by atoms with van der Waals surface area (Å²) in [7, 11) is 0. The van der Waals surface area contributed by atoms with Crippen LogP contribution in [0.25, 0.3) is 10.9 Å². The number of carbonyl (C=O) groups excluding carboxylic acids is 1. The Kier molecular flexibility index (Phi) is 3.35. The Morgan fingerprint density at radius 1 is 1.53 bits per heavy atom. The number of nitrogens with zero attached hydrogens (tertiary/aromatic N) is 1. The zero-order valence-corrected chi connectivity index (χ0v) is 11.5. The van der Waals surface area contributed by atoms with E-state index in [1.54, 1.807) is 0 Å². The predicted molar refractivity (Wildman–Crippen MR) is 72.3 cm³/mol. The van der Waals surface area contributed by atoms with Crippen LogP contribution in [-0.2, 0) is 6.42 Å². The monoisotopic (exact) mass is 312 g/mol. The van der Waals surface area contributed by atoms with Gasteiger partial charge in [-0.3, -0.25) is 9.78 Å². The lowest BCUT2D eigenvalue weighted by atomic mass is 10.1. The molecule has 2 N–H and O–H groups in total. The first-order valence-corrected chi connectivity index (χ1v) is 6.28. The molecular weight excluding hydrogens is 304 g/mol. The van der Waals surface area contributed by atoms with Crippen molar-refractivity contribution in [2.24, 2.45) is 5.73 Å². The zero-order valence-electron chi connectivity index (χ0n) is 9.13. The van der Waals surface area contributed by atoms with Crippen molar-refractivity contribution in [3.05, 3.63) is 39.0 Å². The van der Waals surface area contributed by atoms with E-state index in [9.17, 15) is 4.79 Å². The Morgan fingerprint density at radius 3 is 2.82 bits per heavy atom. The van der Waals surface area contributed by atoms with Gasteiger partial charge in [0.2, 0.25) is 0 Å². The highest BCUT2D eigenvalue weighted by Gasteiger charge is 2.12. The maximum absolute atomic E-state index is 11.2. The van der Waals surface area contributed by atoms with Gasteiger partial charge in [-0.15, -0.1) is 0 Å². The van der Waals surface area contributed by atoms with Crippen LogP contribution in [-0.4, -0.2) is 10.9 Å². The van der Waals surface area contributed by atoms with Crippen molar-refractivity contribution in [3.63, 3.8) is 0 Å². The molecule has 17 heavy (non-hydrogen) atoms. The summed E-state index contributed by atoms with van der Waals surface area (Å²) in [5.74, 6) is -0.564. The van der Waals surface area contributed by atoms with Crippen molar-refractivity contribution in [1.82, 2.24) is 4.98 Å². The largest absolute Gasteiger partial charge is 0.366 e. The van der Waals surface area contributed by atoms with Gasteiger partial charge in [-0.25, -0.2) is 0 Å². The number of fused-ring (bicyclic) bond motifs is 1. The molecule has 0 radical (unpaired) electrons. The van der Waals surface area contributed by atoms with E-state index in [1.807, 2.05) is 19.1 Å². The first kappa shape index (κ1) is 12.3. The molecule has 0 saturated carbocycles. The van der Waals surface area contributed by atoms with Gasteiger partial charge in [-0.2, -0.15) is 0 Å². The minimum Gasteiger partial charge on any atom is -0.366 e. The molecule has 1 aromatic carbocycles. The van der Waals surface area contributed by atoms with Crippen molar-refractivity contribution in [1.29, 1.82) is 0 Å². The van der Waals surface area contributed by atoms with Gasteiger partial charge in [0, 0.05) is 16.1 Å². The molecular formula is C12H10BrClN2O. The summed E-state index contributed by atoms with van der Waals surface area (Å²) in [5.41, 5.74) is 7.34. The van der Waals surface area contributed by atoms with Gasteiger partial charge in [0.05, 0.1) is 16.1 Å². The van der Waals surface area contributed by atoms with Crippen LogP contribution in [0, 0.1) is 0 Å². The van der Waals surface area contributed by atoms with Gasteiger partial charge >= 0.3 is 0 Å². The fourth-order valence-corrected chi connectivity index (χ4v) is 2.57. The van der Waals surface area contributed by atoms with Crippen molar-refractivity contribution >= 4 is 44.3 Å². The number of nitrogens with two attached hydrogens (primary N) is 1. The van der Waals surface area contributed by atoms with E-state index in [-0.39, 0.29) is 5.56 Å². The van der Waals surface area contributed by atoms with E-state index in [1.165, 1.54) is 6.20 Å². The zero-order chi connectivity index (χ0) is 12.6. The second-order valence-corrected chi connectivity index (χ2v) is 4.90. The maximum Gasteiger partial charge on any atom is 0.251 e. The average molecular weight is 314 g/mol. The number of benzene rings is 1. The van der Waals surface area contributed by atoms with Crippen LogP contribution in [0.3, 0.4) is 0 Å². The molecule has 1 amide bonds. The van der Waals surface area contributed by atoms with Crippen molar-refractivity contribution in [2.75, 3.05) is 0 Å². The molecule has 0 atom stereocenters. The Balaban J connectivity index is 2.80. The highest BCUT2D eigenvalue weighted by Crippen LogP contribution is 2.30. The first-order valence-electron chi connectivity index (χ1n) is 5.11. The average Bonchev–Trinajstić information content (AvgIpc) is 2.28. The van der Waals surface area contributed by atoms with Gasteiger partial charge in [0.25, 0.3) is 5.91 Å². The molecule has 1 aromatic heterocycles. The summed E-state index contributed by atoms with van der Waals surface area (Å²) < 4.78 is 0.989. The Labute approximate surface area is 112 Å². The third-order valence-corrected chi connectivity index (χ3v) is 3.76. The molecule has 2 aromatic rings. The van der Waals surface area contributed by atoms with E-state index in [2.05, 4.69) is 20.9 Å². The quantitative estimate of drug-likeness (QED) is 0.924. The number of hydrogen-bond donors (Lipinski definition) is 1. The lowest BCUT2D eigenvalue weighted by Gasteiger charge is -2.07. The van der Waals surface area contributed by atoms with Crippen LogP contribution in [0.2, 0.25) is 5.02 Å². The standard InChI is InChI=1S/C12H10BrClN2O/c1-2-6-3-7-10(4-9(6)13)16-5-8(11(7)14)12(15)17/h3-5H,2H2,1H3,(H2,15,17). The maximum atomic E-state index is 11.2. The number of hydrogen-bond acceptors (Lipinski definition) is 2. The summed E-state index contributed by atoms with van der Waals surface area (Å²) in [6.45, 7) is 2.05. The van der Waals surface area contributed by atoms with Gasteiger partial charge in [0.1, 0.15) is 0 Å². The van der Waals surface area contributed by atoms with Crippen LogP contribution < -0.4 is 5.73 Å². The molecule has 0 unspecified atom stereocenters. The first-order chi connectivity index (χ1) is 8.04. The normalized spacial score (nSPS) is 10.8. The summed E-state index contributed by atoms with van der Waals surface area (Å²) in [6, 6.07) is 3.83. The third kappa shape index (κ3) is 2.15. The predicted octanol–water partition coefficient (Wildman–Crippen LogP) is 3.31. The van der Waals surface area contributed by atoms with Crippen LogP contribution in [0.1, 0.15) is 22.8 Å². The molecule has 0 fully saturated rings. The molecule has 0 aliphatic heterocycles. The molecule has 2 rings (SSSR count). The highest BCUT2D eigenvalue weighted by atomic mass is 79.9. The summed E-state index contributed by atoms with van der Waals surface area (Å²) in [6.07, 6.45) is 2.28. The van der Waals surface area contributed by atoms with Gasteiger partial charge in [-0.1, -0.05) is 34.5 Å². The lowest BCUT2D eigenvalue weighted by molar-refractivity contribution is 0.100. The second-order valence-electron chi connectivity index (χ2n) is 3.66. The minimum atomic E-state index is -0.564. The number of carbonyl (C=O) groups is 1. The summed E-state index contributed by atoms with van der Waals surface area (Å²) in [5, 5.41) is 1.12. The Morgan fingerprint density at radius 2 is 2.24 bits per heavy atom. The highest BCUT2D eigenvalue weighted by molar-refractivity contribution is 9.10. The molecule has 0 aliphatic carbocycles. The topological polar surface area (TPSA) is 56.0 Å². The fourth-order valence-electron chi connectivity index (χ4n) is 1.67. The summed E-state index contributed by atoms with van der Waals surface area (Å²) >= 11 is 9.64. The van der Waals surface area contributed by atoms with E-state index >= 15 is 0 Å². The molecule has 0 bridgehead atoms. The van der Waals surface area contributed by atoms with Crippen molar-refractivity contribution < 1.29 is 4.79 Å². The van der Waals surface area contributed by atoms with Crippen molar-refractivity contribution in [3.8, 4) is 0 Å². The third-order valence-electron chi connectivity index (χ3n) is 2.62. The van der Waals surface area contributed by atoms with E-state index in [4.69, 9.17) is 17.3 Å². The SMILES string of the molecule is CCc1cc2c(Cl)c(C(N)=O)cnc2cc1Br. The number of rotatable bonds is 2.